The molecule has 0 bridgehead atoms. The standard InChI is InChI=1S/C36H70N4O14.4C2H6.5CH4.4H2/c1-5-45-20-13-37-32(41)9-17-52-29-36(30-53-18-10-33(42)38-14-21-46-6-2,31-54-19-11-34(43)39-15-22-47-7-3)40-35(44)12-16-49-25-26-51-28-27-50-24-23-48-8-4;4*1-2;;;;;;;;;/h5-31H2,1-4H3,(H,37,41)(H,38,42)(H,39,43)(H,40,44);4*1-2H3;5*1H4;4*1H. The number of rotatable bonds is 41. The Labute approximate surface area is 419 Å². The smallest absolute Gasteiger partial charge is 0.222 e. The molecule has 422 valence electrons. The Kier molecular flexibility index (Phi) is 102. The second-order valence-electron chi connectivity index (χ2n) is 11.7. The molecule has 0 spiro atoms. The van der Waals surface area contributed by atoms with E-state index in [1.807, 2.05) is 83.1 Å². The van der Waals surface area contributed by atoms with Gasteiger partial charge in [-0.2, -0.15) is 0 Å². The van der Waals surface area contributed by atoms with Crippen LogP contribution in [0.1, 0.15) is 152 Å². The van der Waals surface area contributed by atoms with Crippen molar-refractivity contribution in [2.75, 3.05) is 152 Å². The number of hydrogen-bond donors (Lipinski definition) is 4. The summed E-state index contributed by atoms with van der Waals surface area (Å²) >= 11 is 0. The first-order valence-corrected chi connectivity index (χ1v) is 23.2. The third-order valence-corrected chi connectivity index (χ3v) is 7.07. The minimum atomic E-state index is -1.22. The Morgan fingerprint density at radius 3 is 0.836 bits per heavy atom. The van der Waals surface area contributed by atoms with Crippen molar-refractivity contribution >= 4 is 23.6 Å². The molecule has 4 amide bonds. The van der Waals surface area contributed by atoms with Crippen molar-refractivity contribution < 1.29 is 72.3 Å². The van der Waals surface area contributed by atoms with Crippen LogP contribution < -0.4 is 21.3 Å². The van der Waals surface area contributed by atoms with Crippen molar-refractivity contribution in [1.29, 1.82) is 0 Å². The van der Waals surface area contributed by atoms with Gasteiger partial charge in [0.05, 0.1) is 106 Å². The van der Waals surface area contributed by atoms with Crippen LogP contribution in [0.25, 0.3) is 0 Å². The van der Waals surface area contributed by atoms with E-state index in [4.69, 9.17) is 47.4 Å². The minimum Gasteiger partial charge on any atom is -0.380 e. The monoisotopic (exact) mass is 991 g/mol. The van der Waals surface area contributed by atoms with Crippen molar-refractivity contribution in [2.45, 2.75) is 151 Å². The lowest BCUT2D eigenvalue weighted by Gasteiger charge is -2.34. The predicted molar refractivity (Wildman–Crippen MR) is 287 cm³/mol. The number of nitrogens with one attached hydrogen (secondary N) is 4. The van der Waals surface area contributed by atoms with Crippen LogP contribution in [0.5, 0.6) is 0 Å². The maximum Gasteiger partial charge on any atom is 0.222 e. The van der Waals surface area contributed by atoms with Crippen LogP contribution in [0.15, 0.2) is 0 Å². The van der Waals surface area contributed by atoms with Crippen LogP contribution >= 0.6 is 0 Å². The molecule has 67 heavy (non-hydrogen) atoms. The number of carbonyl (C=O) groups excluding carboxylic acids is 4. The third kappa shape index (κ3) is 70.2. The molecule has 0 aromatic heterocycles. The second-order valence-corrected chi connectivity index (χ2v) is 11.7. The van der Waals surface area contributed by atoms with Crippen molar-refractivity contribution in [3.63, 3.8) is 0 Å². The molecule has 4 N–H and O–H groups in total. The highest BCUT2D eigenvalue weighted by atomic mass is 16.6. The summed E-state index contributed by atoms with van der Waals surface area (Å²) in [7, 11) is 0. The molecule has 0 heterocycles. The van der Waals surface area contributed by atoms with Gasteiger partial charge in [-0.05, 0) is 27.7 Å². The maximum absolute atomic E-state index is 13.2. The highest BCUT2D eigenvalue weighted by Gasteiger charge is 2.34. The third-order valence-electron chi connectivity index (χ3n) is 7.07. The topological polar surface area (TPSA) is 209 Å². The van der Waals surface area contributed by atoms with E-state index in [-0.39, 0.29) is 138 Å². The molecule has 0 aromatic carbocycles. The lowest BCUT2D eigenvalue weighted by Crippen LogP contribution is -2.59. The highest BCUT2D eigenvalue weighted by Crippen LogP contribution is 2.11. The molecule has 0 fully saturated rings. The average Bonchev–Trinajstić information content (AvgIpc) is 3.30. The van der Waals surface area contributed by atoms with E-state index >= 15 is 0 Å². The summed E-state index contributed by atoms with van der Waals surface area (Å²) in [6.45, 7) is 30.8. The van der Waals surface area contributed by atoms with E-state index in [2.05, 4.69) is 21.3 Å². The SMILES string of the molecule is C.C.C.C.C.CC.CC.CC.CC.CCOCCNC(=O)CCOCC(COCCC(=O)NCCOCC)(COCCC(=O)NCCOCC)NC(=O)CCOCCOCCOCCOCC.[HH].[HH].[HH].[HH]. The van der Waals surface area contributed by atoms with Crippen molar-refractivity contribution in [3.8, 4) is 0 Å². The molecular weight excluding hydrogens is 869 g/mol. The summed E-state index contributed by atoms with van der Waals surface area (Å²) < 4.78 is 55.2. The van der Waals surface area contributed by atoms with Gasteiger partial charge in [-0.15, -0.1) is 0 Å². The molecule has 0 aromatic rings. The van der Waals surface area contributed by atoms with Gasteiger partial charge in [-0.3, -0.25) is 19.2 Å². The molecule has 0 rings (SSSR count). The van der Waals surface area contributed by atoms with Gasteiger partial charge in [0.25, 0.3) is 0 Å². The fraction of sp³-hybridized carbons (Fsp3) is 0.918. The van der Waals surface area contributed by atoms with Crippen molar-refractivity contribution in [1.82, 2.24) is 21.3 Å². The Balaban J connectivity index is -0.000000151. The lowest BCUT2D eigenvalue weighted by molar-refractivity contribution is -0.131. The zero-order chi connectivity index (χ0) is 47.8. The van der Waals surface area contributed by atoms with Crippen LogP contribution in [-0.4, -0.2) is 181 Å². The summed E-state index contributed by atoms with van der Waals surface area (Å²) in [4.78, 5) is 50.1. The van der Waals surface area contributed by atoms with Gasteiger partial charge in [-0.1, -0.05) is 92.5 Å². The first-order valence-electron chi connectivity index (χ1n) is 23.2. The number of carbonyl (C=O) groups is 4. The maximum atomic E-state index is 13.2. The molecule has 0 aliphatic rings. The summed E-state index contributed by atoms with van der Waals surface area (Å²) in [6.07, 6.45) is 0.264. The molecule has 0 radical (unpaired) electrons. The molecule has 0 atom stereocenters. The molecule has 0 aliphatic heterocycles. The molecule has 0 unspecified atom stereocenters. The molecule has 0 aliphatic carbocycles. The lowest BCUT2D eigenvalue weighted by atomic mass is 10.0. The van der Waals surface area contributed by atoms with Crippen molar-refractivity contribution in [3.05, 3.63) is 0 Å². The Bertz CT molecular complexity index is 869. The quantitative estimate of drug-likeness (QED) is 0.0426. The number of hydrogen-bond acceptors (Lipinski definition) is 14. The van der Waals surface area contributed by atoms with Crippen molar-refractivity contribution in [2.24, 2.45) is 0 Å². The van der Waals surface area contributed by atoms with E-state index in [9.17, 15) is 19.2 Å². The van der Waals surface area contributed by atoms with Gasteiger partial charge in [-0.25, -0.2) is 0 Å². The van der Waals surface area contributed by atoms with Gasteiger partial charge >= 0.3 is 0 Å². The molecule has 0 saturated heterocycles. The Hall–Kier alpha value is -2.52. The van der Waals surface area contributed by atoms with Crippen LogP contribution in [0.2, 0.25) is 0 Å². The zero-order valence-corrected chi connectivity index (χ0v) is 41.3. The number of amides is 4. The molecule has 0 saturated carbocycles. The van der Waals surface area contributed by atoms with Gasteiger partial charge in [0.15, 0.2) is 0 Å². The second kappa shape index (κ2) is 77.7. The first kappa shape index (κ1) is 87.5. The molecule has 18 nitrogen and oxygen atoms in total. The normalized spacial score (nSPS) is 9.55. The summed E-state index contributed by atoms with van der Waals surface area (Å²) in [5.41, 5.74) is -1.22. The first-order chi connectivity index (χ1) is 30.3. The van der Waals surface area contributed by atoms with E-state index < -0.39 is 5.54 Å². The highest BCUT2D eigenvalue weighted by molar-refractivity contribution is 5.77. The van der Waals surface area contributed by atoms with E-state index in [0.29, 0.717) is 106 Å². The Morgan fingerprint density at radius 2 is 0.552 bits per heavy atom. The largest absolute Gasteiger partial charge is 0.380 e. The summed E-state index contributed by atoms with van der Waals surface area (Å²) in [5.74, 6) is -0.987. The number of ether oxygens (including phenoxy) is 10. The molecular formula is C49H122N4O14. The van der Waals surface area contributed by atoms with Gasteiger partial charge < -0.3 is 68.6 Å². The van der Waals surface area contributed by atoms with Crippen LogP contribution in [0.3, 0.4) is 0 Å². The predicted octanol–water partition coefficient (Wildman–Crippen LogP) is 8.27. The Morgan fingerprint density at radius 1 is 0.328 bits per heavy atom. The van der Waals surface area contributed by atoms with E-state index in [1.165, 1.54) is 0 Å². The average molecular weight is 992 g/mol. The van der Waals surface area contributed by atoms with Crippen LogP contribution in [0.4, 0.5) is 0 Å². The zero-order valence-electron chi connectivity index (χ0n) is 41.3. The fourth-order valence-electron chi connectivity index (χ4n) is 4.34. The van der Waals surface area contributed by atoms with E-state index in [0.717, 1.165) is 0 Å². The van der Waals surface area contributed by atoms with Gasteiger partial charge in [0, 0.05) is 77.5 Å². The fourth-order valence-corrected chi connectivity index (χ4v) is 4.34. The summed E-state index contributed by atoms with van der Waals surface area (Å²) in [5, 5.41) is 11.3. The van der Waals surface area contributed by atoms with Gasteiger partial charge in [0.1, 0.15) is 5.54 Å². The van der Waals surface area contributed by atoms with Gasteiger partial charge in [0.2, 0.25) is 23.6 Å². The minimum absolute atomic E-state index is 0. The van der Waals surface area contributed by atoms with E-state index in [1.54, 1.807) is 0 Å². The molecule has 18 heteroatoms. The summed E-state index contributed by atoms with van der Waals surface area (Å²) in [6, 6.07) is 0. The van der Waals surface area contributed by atoms with Crippen LogP contribution in [-0.2, 0) is 66.5 Å². The van der Waals surface area contributed by atoms with Crippen LogP contribution in [0, 0.1) is 0 Å².